The molecule has 1 fully saturated rings. The van der Waals surface area contributed by atoms with E-state index in [0.717, 1.165) is 31.4 Å². The zero-order valence-corrected chi connectivity index (χ0v) is 13.8. The van der Waals surface area contributed by atoms with E-state index >= 15 is 0 Å². The van der Waals surface area contributed by atoms with E-state index in [-0.39, 0.29) is 11.3 Å². The van der Waals surface area contributed by atoms with Gasteiger partial charge in [-0.25, -0.2) is 8.42 Å². The van der Waals surface area contributed by atoms with Crippen LogP contribution < -0.4 is 5.32 Å². The lowest BCUT2D eigenvalue weighted by Crippen LogP contribution is -2.42. The topological polar surface area (TPSA) is 49.4 Å². The Morgan fingerprint density at radius 3 is 2.80 bits per heavy atom. The standard InChI is InChI=1S/C14H24N2O2S2/c1-3-7-15-9-12(2)20(17,18)16(14-4-5-14)10-13-6-8-19-11-13/h6,8,11-12,14-15H,3-5,7,9-10H2,1-2H3. The van der Waals surface area contributed by atoms with Crippen molar-refractivity contribution >= 4 is 21.4 Å². The van der Waals surface area contributed by atoms with Gasteiger partial charge in [0, 0.05) is 19.1 Å². The molecule has 20 heavy (non-hydrogen) atoms. The Balaban J connectivity index is 2.03. The Labute approximate surface area is 126 Å². The number of nitrogens with one attached hydrogen (secondary N) is 1. The van der Waals surface area contributed by atoms with Crippen LogP contribution in [0, 0.1) is 0 Å². The highest BCUT2D eigenvalue weighted by Crippen LogP contribution is 2.32. The van der Waals surface area contributed by atoms with Crippen LogP contribution in [0.4, 0.5) is 0 Å². The Bertz CT molecular complexity index is 495. The molecule has 2 rings (SSSR count). The van der Waals surface area contributed by atoms with Gasteiger partial charge in [-0.2, -0.15) is 15.6 Å². The van der Waals surface area contributed by atoms with Gasteiger partial charge < -0.3 is 5.32 Å². The fourth-order valence-electron chi connectivity index (χ4n) is 2.17. The number of sulfonamides is 1. The van der Waals surface area contributed by atoms with Crippen LogP contribution in [0.15, 0.2) is 16.8 Å². The SMILES string of the molecule is CCCNCC(C)S(=O)(=O)N(Cc1ccsc1)C1CC1. The van der Waals surface area contributed by atoms with Crippen LogP contribution in [0.2, 0.25) is 0 Å². The Hall–Kier alpha value is -0.430. The molecular formula is C14H24N2O2S2. The highest BCUT2D eigenvalue weighted by molar-refractivity contribution is 7.89. The van der Waals surface area contributed by atoms with Crippen LogP contribution in [0.3, 0.4) is 0 Å². The monoisotopic (exact) mass is 316 g/mol. The Morgan fingerprint density at radius 1 is 1.50 bits per heavy atom. The third-order valence-electron chi connectivity index (χ3n) is 3.57. The summed E-state index contributed by atoms with van der Waals surface area (Å²) in [4.78, 5) is 0. The molecule has 0 aromatic carbocycles. The van der Waals surface area contributed by atoms with Gasteiger partial charge in [-0.3, -0.25) is 0 Å². The average molecular weight is 316 g/mol. The van der Waals surface area contributed by atoms with Gasteiger partial charge >= 0.3 is 0 Å². The first-order valence-corrected chi connectivity index (χ1v) is 9.72. The van der Waals surface area contributed by atoms with E-state index < -0.39 is 10.0 Å². The lowest BCUT2D eigenvalue weighted by molar-refractivity contribution is 0.391. The maximum absolute atomic E-state index is 12.7. The van der Waals surface area contributed by atoms with Crippen LogP contribution in [-0.4, -0.2) is 37.1 Å². The van der Waals surface area contributed by atoms with Crippen molar-refractivity contribution in [1.29, 1.82) is 0 Å². The smallest absolute Gasteiger partial charge is 0.218 e. The van der Waals surface area contributed by atoms with E-state index in [9.17, 15) is 8.42 Å². The second-order valence-electron chi connectivity index (χ2n) is 5.47. The molecule has 1 aliphatic rings. The zero-order chi connectivity index (χ0) is 14.6. The first-order valence-electron chi connectivity index (χ1n) is 7.28. The molecule has 0 aliphatic heterocycles. The van der Waals surface area contributed by atoms with Crippen LogP contribution in [0.25, 0.3) is 0 Å². The summed E-state index contributed by atoms with van der Waals surface area (Å²) in [5.74, 6) is 0. The molecule has 0 bridgehead atoms. The van der Waals surface area contributed by atoms with Crippen LogP contribution >= 0.6 is 11.3 Å². The zero-order valence-electron chi connectivity index (χ0n) is 12.2. The summed E-state index contributed by atoms with van der Waals surface area (Å²) >= 11 is 1.62. The largest absolute Gasteiger partial charge is 0.315 e. The van der Waals surface area contributed by atoms with Gasteiger partial charge in [0.25, 0.3) is 0 Å². The molecule has 1 N–H and O–H groups in total. The molecule has 0 radical (unpaired) electrons. The molecule has 1 unspecified atom stereocenters. The van der Waals surface area contributed by atoms with Crippen molar-refractivity contribution in [2.24, 2.45) is 0 Å². The summed E-state index contributed by atoms with van der Waals surface area (Å²) in [7, 11) is -3.22. The molecule has 0 spiro atoms. The summed E-state index contributed by atoms with van der Waals surface area (Å²) in [6.45, 7) is 5.81. The van der Waals surface area contributed by atoms with Crippen LogP contribution in [-0.2, 0) is 16.6 Å². The summed E-state index contributed by atoms with van der Waals surface area (Å²) in [5, 5.41) is 6.87. The van der Waals surface area contributed by atoms with Crippen LogP contribution in [0.5, 0.6) is 0 Å². The summed E-state index contributed by atoms with van der Waals surface area (Å²) in [6.07, 6.45) is 3.02. The minimum absolute atomic E-state index is 0.216. The molecule has 0 amide bonds. The highest BCUT2D eigenvalue weighted by Gasteiger charge is 2.39. The van der Waals surface area contributed by atoms with Gasteiger partial charge in [-0.05, 0) is 55.1 Å². The summed E-state index contributed by atoms with van der Waals surface area (Å²) in [5.41, 5.74) is 1.10. The first-order chi connectivity index (χ1) is 9.55. The second-order valence-corrected chi connectivity index (χ2v) is 8.55. The quantitative estimate of drug-likeness (QED) is 0.712. The lowest BCUT2D eigenvalue weighted by atomic mass is 10.3. The number of nitrogens with zero attached hydrogens (tertiary/aromatic N) is 1. The van der Waals surface area contributed by atoms with E-state index in [0.29, 0.717) is 13.1 Å². The molecule has 1 aromatic heterocycles. The minimum Gasteiger partial charge on any atom is -0.315 e. The molecule has 1 aliphatic carbocycles. The van der Waals surface area contributed by atoms with Gasteiger partial charge in [0.1, 0.15) is 0 Å². The fourth-order valence-corrected chi connectivity index (χ4v) is 4.58. The maximum Gasteiger partial charge on any atom is 0.218 e. The van der Waals surface area contributed by atoms with E-state index in [1.54, 1.807) is 22.6 Å². The first kappa shape index (κ1) is 15.9. The fraction of sp³-hybridized carbons (Fsp3) is 0.714. The third-order valence-corrected chi connectivity index (χ3v) is 6.56. The second kappa shape index (κ2) is 7.02. The maximum atomic E-state index is 12.7. The Morgan fingerprint density at radius 2 is 2.25 bits per heavy atom. The highest BCUT2D eigenvalue weighted by atomic mass is 32.2. The molecule has 114 valence electrons. The van der Waals surface area contributed by atoms with Crippen LogP contribution in [0.1, 0.15) is 38.7 Å². The van der Waals surface area contributed by atoms with Gasteiger partial charge in [0.2, 0.25) is 10.0 Å². The predicted molar refractivity (Wildman–Crippen MR) is 84.4 cm³/mol. The molecule has 0 saturated heterocycles. The van der Waals surface area contributed by atoms with E-state index in [4.69, 9.17) is 0 Å². The number of thiophene rings is 1. The lowest BCUT2D eigenvalue weighted by Gasteiger charge is -2.25. The summed E-state index contributed by atoms with van der Waals surface area (Å²) in [6, 6.07) is 2.23. The third kappa shape index (κ3) is 4.04. The number of rotatable bonds is 9. The van der Waals surface area contributed by atoms with Crippen molar-refractivity contribution in [2.45, 2.75) is 50.9 Å². The molecular weight excluding hydrogens is 292 g/mol. The Kier molecular flexibility index (Phi) is 5.60. The normalized spacial score (nSPS) is 17.6. The van der Waals surface area contributed by atoms with E-state index in [2.05, 4.69) is 12.2 Å². The molecule has 1 aromatic rings. The van der Waals surface area contributed by atoms with Crippen molar-refractivity contribution in [3.8, 4) is 0 Å². The van der Waals surface area contributed by atoms with Gasteiger partial charge in [-0.15, -0.1) is 0 Å². The van der Waals surface area contributed by atoms with Crippen molar-refractivity contribution in [3.05, 3.63) is 22.4 Å². The van der Waals surface area contributed by atoms with Gasteiger partial charge in [0.05, 0.1) is 5.25 Å². The number of hydrogen-bond acceptors (Lipinski definition) is 4. The number of hydrogen-bond donors (Lipinski definition) is 1. The molecule has 1 atom stereocenters. The minimum atomic E-state index is -3.22. The van der Waals surface area contributed by atoms with Crippen molar-refractivity contribution in [1.82, 2.24) is 9.62 Å². The molecule has 4 nitrogen and oxygen atoms in total. The van der Waals surface area contributed by atoms with Gasteiger partial charge in [-0.1, -0.05) is 6.92 Å². The van der Waals surface area contributed by atoms with Crippen molar-refractivity contribution < 1.29 is 8.42 Å². The average Bonchev–Trinajstić information content (AvgIpc) is 3.12. The van der Waals surface area contributed by atoms with E-state index in [1.807, 2.05) is 16.8 Å². The molecule has 6 heteroatoms. The molecule has 1 saturated carbocycles. The summed E-state index contributed by atoms with van der Waals surface area (Å²) < 4.78 is 27.2. The van der Waals surface area contributed by atoms with E-state index in [1.165, 1.54) is 0 Å². The predicted octanol–water partition coefficient (Wildman–Crippen LogP) is 2.43. The van der Waals surface area contributed by atoms with Crippen molar-refractivity contribution in [3.63, 3.8) is 0 Å². The molecule has 1 heterocycles. The van der Waals surface area contributed by atoms with Gasteiger partial charge in [0.15, 0.2) is 0 Å². The van der Waals surface area contributed by atoms with Crippen molar-refractivity contribution in [2.75, 3.05) is 13.1 Å².